The van der Waals surface area contributed by atoms with Crippen LogP contribution >= 0.6 is 12.6 Å². The molecule has 20 heavy (non-hydrogen) atoms. The fourth-order valence-corrected chi connectivity index (χ4v) is 3.20. The van der Waals surface area contributed by atoms with Gasteiger partial charge in [0.05, 0.1) is 5.92 Å². The van der Waals surface area contributed by atoms with E-state index in [0.717, 1.165) is 12.8 Å². The monoisotopic (exact) mass is 293 g/mol. The first-order valence-corrected chi connectivity index (χ1v) is 7.39. The number of carbonyl (C=O) groups is 2. The van der Waals surface area contributed by atoms with E-state index >= 15 is 0 Å². The molecule has 1 aliphatic rings. The molecule has 2 N–H and O–H groups in total. The molecule has 0 saturated heterocycles. The van der Waals surface area contributed by atoms with Crippen LogP contribution in [-0.4, -0.2) is 28.8 Å². The average Bonchev–Trinajstić information content (AvgIpc) is 2.84. The van der Waals surface area contributed by atoms with Gasteiger partial charge in [0, 0.05) is 5.75 Å². The predicted molar refractivity (Wildman–Crippen MR) is 80.1 cm³/mol. The number of aliphatic carboxylic acids is 1. The normalized spacial score (nSPS) is 20.0. The Morgan fingerprint density at radius 3 is 2.80 bits per heavy atom. The number of thiol groups is 1. The van der Waals surface area contributed by atoms with Crippen LogP contribution in [-0.2, 0) is 16.0 Å². The molecule has 1 aliphatic carbocycles. The van der Waals surface area contributed by atoms with Crippen molar-refractivity contribution in [3.05, 3.63) is 35.4 Å². The Morgan fingerprint density at radius 1 is 1.45 bits per heavy atom. The lowest BCUT2D eigenvalue weighted by Crippen LogP contribution is -2.43. The molecule has 0 aromatic heterocycles. The number of hydrogen-bond acceptors (Lipinski definition) is 3. The number of carbonyl (C=O) groups excluding carboxylic acids is 1. The first-order valence-electron chi connectivity index (χ1n) is 6.76. The minimum Gasteiger partial charge on any atom is -0.480 e. The van der Waals surface area contributed by atoms with Gasteiger partial charge in [-0.1, -0.05) is 24.3 Å². The second-order valence-corrected chi connectivity index (χ2v) is 5.57. The number of fused-ring (bicyclic) bond motifs is 1. The lowest BCUT2D eigenvalue weighted by atomic mass is 9.87. The zero-order chi connectivity index (χ0) is 14.7. The molecular formula is C15H19NO3S. The number of aryl methyl sites for hydroxylation is 1. The third kappa shape index (κ3) is 2.98. The summed E-state index contributed by atoms with van der Waals surface area (Å²) in [5.41, 5.74) is 2.48. The number of amides is 1. The molecule has 0 spiro atoms. The van der Waals surface area contributed by atoms with Gasteiger partial charge in [-0.05, 0) is 36.8 Å². The summed E-state index contributed by atoms with van der Waals surface area (Å²) < 4.78 is 0. The highest BCUT2D eigenvalue weighted by Gasteiger charge is 2.34. The van der Waals surface area contributed by atoms with E-state index in [4.69, 9.17) is 5.11 Å². The van der Waals surface area contributed by atoms with Crippen molar-refractivity contribution in [3.8, 4) is 0 Å². The van der Waals surface area contributed by atoms with Crippen molar-refractivity contribution < 1.29 is 14.7 Å². The van der Waals surface area contributed by atoms with Gasteiger partial charge >= 0.3 is 5.97 Å². The molecule has 2 rings (SSSR count). The molecule has 0 aliphatic heterocycles. The van der Waals surface area contributed by atoms with Crippen LogP contribution in [0.2, 0.25) is 0 Å². The van der Waals surface area contributed by atoms with Gasteiger partial charge in [0.1, 0.15) is 6.04 Å². The number of hydrogen-bond donors (Lipinski definition) is 3. The second-order valence-electron chi connectivity index (χ2n) is 5.20. The van der Waals surface area contributed by atoms with E-state index in [1.807, 2.05) is 12.1 Å². The number of carboxylic acids is 1. The predicted octanol–water partition coefficient (Wildman–Crippen LogP) is 1.85. The second kappa shape index (κ2) is 6.31. The van der Waals surface area contributed by atoms with Crippen LogP contribution in [0.15, 0.2) is 24.3 Å². The van der Waals surface area contributed by atoms with Crippen LogP contribution in [0.3, 0.4) is 0 Å². The van der Waals surface area contributed by atoms with Crippen molar-refractivity contribution in [2.45, 2.75) is 31.7 Å². The smallest absolute Gasteiger partial charge is 0.325 e. The Bertz CT molecular complexity index is 518. The highest BCUT2D eigenvalue weighted by Crippen LogP contribution is 2.38. The van der Waals surface area contributed by atoms with Crippen LogP contribution in [0.25, 0.3) is 0 Å². The molecule has 0 radical (unpaired) electrons. The Morgan fingerprint density at radius 2 is 2.15 bits per heavy atom. The average molecular weight is 293 g/mol. The topological polar surface area (TPSA) is 66.4 Å². The fraction of sp³-hybridized carbons (Fsp3) is 0.467. The lowest BCUT2D eigenvalue weighted by molar-refractivity contribution is -0.141. The number of benzene rings is 1. The van der Waals surface area contributed by atoms with Gasteiger partial charge in [0.2, 0.25) is 5.91 Å². The molecule has 2 unspecified atom stereocenters. The largest absolute Gasteiger partial charge is 0.480 e. The summed E-state index contributed by atoms with van der Waals surface area (Å²) in [6.45, 7) is 1.47. The van der Waals surface area contributed by atoms with Gasteiger partial charge in [-0.15, -0.1) is 0 Å². The van der Waals surface area contributed by atoms with Gasteiger partial charge in [0.15, 0.2) is 0 Å². The van der Waals surface area contributed by atoms with Crippen LogP contribution in [0.5, 0.6) is 0 Å². The molecule has 3 atom stereocenters. The SMILES string of the molecule is C[C@H](NC(=O)C(CS)C1CCc2ccccc21)C(=O)O. The summed E-state index contributed by atoms with van der Waals surface area (Å²) in [5.74, 6) is -0.995. The van der Waals surface area contributed by atoms with Crippen LogP contribution in [0, 0.1) is 5.92 Å². The first kappa shape index (κ1) is 14.9. The van der Waals surface area contributed by atoms with Gasteiger partial charge < -0.3 is 10.4 Å². The summed E-state index contributed by atoms with van der Waals surface area (Å²) >= 11 is 4.29. The number of nitrogens with one attached hydrogen (secondary N) is 1. The molecule has 0 heterocycles. The van der Waals surface area contributed by atoms with E-state index in [1.54, 1.807) is 0 Å². The van der Waals surface area contributed by atoms with E-state index in [9.17, 15) is 9.59 Å². The van der Waals surface area contributed by atoms with Gasteiger partial charge in [-0.2, -0.15) is 12.6 Å². The maximum absolute atomic E-state index is 12.3. The molecule has 1 aromatic rings. The van der Waals surface area contributed by atoms with Crippen molar-refractivity contribution >= 4 is 24.5 Å². The van der Waals surface area contributed by atoms with Gasteiger partial charge in [-0.25, -0.2) is 0 Å². The van der Waals surface area contributed by atoms with Crippen molar-refractivity contribution in [2.75, 3.05) is 5.75 Å². The minimum absolute atomic E-state index is 0.129. The third-order valence-electron chi connectivity index (χ3n) is 3.93. The Hall–Kier alpha value is -1.49. The third-order valence-corrected chi connectivity index (χ3v) is 4.32. The van der Waals surface area contributed by atoms with E-state index in [2.05, 4.69) is 30.1 Å². The van der Waals surface area contributed by atoms with Crippen molar-refractivity contribution in [1.29, 1.82) is 0 Å². The van der Waals surface area contributed by atoms with Gasteiger partial charge in [-0.3, -0.25) is 9.59 Å². The van der Waals surface area contributed by atoms with E-state index in [1.165, 1.54) is 18.1 Å². The summed E-state index contributed by atoms with van der Waals surface area (Å²) in [6, 6.07) is 7.25. The van der Waals surface area contributed by atoms with E-state index in [0.29, 0.717) is 5.75 Å². The van der Waals surface area contributed by atoms with Crippen molar-refractivity contribution in [3.63, 3.8) is 0 Å². The molecular weight excluding hydrogens is 274 g/mol. The fourth-order valence-electron chi connectivity index (χ4n) is 2.78. The lowest BCUT2D eigenvalue weighted by Gasteiger charge is -2.23. The van der Waals surface area contributed by atoms with E-state index < -0.39 is 12.0 Å². The Labute approximate surface area is 124 Å². The molecule has 0 bridgehead atoms. The van der Waals surface area contributed by atoms with Crippen molar-refractivity contribution in [1.82, 2.24) is 5.32 Å². The molecule has 1 amide bonds. The zero-order valence-electron chi connectivity index (χ0n) is 11.4. The zero-order valence-corrected chi connectivity index (χ0v) is 12.3. The minimum atomic E-state index is -1.02. The summed E-state index contributed by atoms with van der Waals surface area (Å²) in [5, 5.41) is 11.4. The van der Waals surface area contributed by atoms with Crippen LogP contribution < -0.4 is 5.32 Å². The standard InChI is InChI=1S/C15H19NO3S/c1-9(15(18)19)16-14(17)13(8-20)12-7-6-10-4-2-3-5-11(10)12/h2-5,9,12-13,20H,6-8H2,1H3,(H,16,17)(H,18,19)/t9-,12?,13?/m0/s1. The Balaban J connectivity index is 2.13. The highest BCUT2D eigenvalue weighted by molar-refractivity contribution is 7.80. The van der Waals surface area contributed by atoms with Crippen LogP contribution in [0.1, 0.15) is 30.4 Å². The quantitative estimate of drug-likeness (QED) is 0.726. The highest BCUT2D eigenvalue weighted by atomic mass is 32.1. The summed E-state index contributed by atoms with van der Waals surface area (Å²) in [7, 11) is 0. The maximum atomic E-state index is 12.3. The molecule has 108 valence electrons. The number of carboxylic acid groups (broad SMARTS) is 1. The summed E-state index contributed by atoms with van der Waals surface area (Å²) in [4.78, 5) is 23.1. The Kier molecular flexibility index (Phi) is 4.70. The van der Waals surface area contributed by atoms with E-state index in [-0.39, 0.29) is 17.7 Å². The molecule has 1 aromatic carbocycles. The van der Waals surface area contributed by atoms with Gasteiger partial charge in [0.25, 0.3) is 0 Å². The summed E-state index contributed by atoms with van der Waals surface area (Å²) in [6.07, 6.45) is 1.88. The van der Waals surface area contributed by atoms with Crippen LogP contribution in [0.4, 0.5) is 0 Å². The molecule has 4 nitrogen and oxygen atoms in total. The maximum Gasteiger partial charge on any atom is 0.325 e. The molecule has 0 fully saturated rings. The molecule has 5 heteroatoms. The molecule has 0 saturated carbocycles. The van der Waals surface area contributed by atoms with Crippen molar-refractivity contribution in [2.24, 2.45) is 5.92 Å². The first-order chi connectivity index (χ1) is 9.54. The number of rotatable bonds is 5.